The largest absolute Gasteiger partial charge is 0.353 e. The van der Waals surface area contributed by atoms with Crippen LogP contribution in [0.15, 0.2) is 12.2 Å². The van der Waals surface area contributed by atoms with Crippen LogP contribution < -0.4 is 10.6 Å². The van der Waals surface area contributed by atoms with Crippen molar-refractivity contribution in [2.24, 2.45) is 11.8 Å². The normalized spacial score (nSPS) is 25.1. The SMILES string of the molecule is CC(C)CNC(=O)N1CCC[C@H](C(=O)N[C@H]2CC=CCC2)C1. The Kier molecular flexibility index (Phi) is 6.28. The van der Waals surface area contributed by atoms with Crippen molar-refractivity contribution >= 4 is 11.9 Å². The average Bonchev–Trinajstić information content (AvgIpc) is 2.53. The highest BCUT2D eigenvalue weighted by Gasteiger charge is 2.29. The molecule has 1 fully saturated rings. The molecule has 2 aliphatic rings. The van der Waals surface area contributed by atoms with Crippen LogP contribution in [-0.4, -0.2) is 42.5 Å². The third-order valence-corrected chi connectivity index (χ3v) is 4.36. The lowest BCUT2D eigenvalue weighted by Crippen LogP contribution is -2.50. The van der Waals surface area contributed by atoms with Crippen LogP contribution in [0.3, 0.4) is 0 Å². The van der Waals surface area contributed by atoms with Crippen LogP contribution in [0.5, 0.6) is 0 Å². The number of rotatable bonds is 4. The first-order chi connectivity index (χ1) is 10.6. The molecule has 0 bridgehead atoms. The topological polar surface area (TPSA) is 61.4 Å². The van der Waals surface area contributed by atoms with Crippen LogP contribution >= 0.6 is 0 Å². The number of hydrogen-bond donors (Lipinski definition) is 2. The highest BCUT2D eigenvalue weighted by atomic mass is 16.2. The van der Waals surface area contributed by atoms with Crippen molar-refractivity contribution < 1.29 is 9.59 Å². The van der Waals surface area contributed by atoms with Crippen molar-refractivity contribution in [3.8, 4) is 0 Å². The Morgan fingerprint density at radius 3 is 2.77 bits per heavy atom. The molecule has 0 saturated carbocycles. The molecule has 0 aromatic rings. The summed E-state index contributed by atoms with van der Waals surface area (Å²) in [6, 6.07) is 0.231. The molecule has 0 spiro atoms. The predicted molar refractivity (Wildman–Crippen MR) is 87.5 cm³/mol. The maximum atomic E-state index is 12.4. The van der Waals surface area contributed by atoms with Crippen molar-refractivity contribution in [2.75, 3.05) is 19.6 Å². The number of allylic oxidation sites excluding steroid dienone is 1. The molecule has 0 aromatic heterocycles. The second kappa shape index (κ2) is 8.20. The third-order valence-electron chi connectivity index (χ3n) is 4.36. The number of nitrogens with zero attached hydrogens (tertiary/aromatic N) is 1. The Morgan fingerprint density at radius 2 is 2.09 bits per heavy atom. The Morgan fingerprint density at radius 1 is 1.27 bits per heavy atom. The van der Waals surface area contributed by atoms with Crippen LogP contribution in [0.1, 0.15) is 46.0 Å². The van der Waals surface area contributed by atoms with Gasteiger partial charge in [-0.2, -0.15) is 0 Å². The van der Waals surface area contributed by atoms with E-state index in [2.05, 4.69) is 36.6 Å². The van der Waals surface area contributed by atoms with E-state index in [4.69, 9.17) is 0 Å². The van der Waals surface area contributed by atoms with Gasteiger partial charge in [0, 0.05) is 25.7 Å². The molecule has 1 saturated heterocycles. The number of piperidine rings is 1. The van der Waals surface area contributed by atoms with E-state index < -0.39 is 0 Å². The summed E-state index contributed by atoms with van der Waals surface area (Å²) in [6.07, 6.45) is 9.08. The summed E-state index contributed by atoms with van der Waals surface area (Å²) in [5.41, 5.74) is 0. The molecule has 124 valence electrons. The van der Waals surface area contributed by atoms with Crippen molar-refractivity contribution in [3.05, 3.63) is 12.2 Å². The van der Waals surface area contributed by atoms with Crippen molar-refractivity contribution in [1.82, 2.24) is 15.5 Å². The van der Waals surface area contributed by atoms with Gasteiger partial charge in [0.25, 0.3) is 0 Å². The number of hydrogen-bond acceptors (Lipinski definition) is 2. The Bertz CT molecular complexity index is 420. The molecule has 22 heavy (non-hydrogen) atoms. The molecule has 0 radical (unpaired) electrons. The summed E-state index contributed by atoms with van der Waals surface area (Å²) in [7, 11) is 0. The van der Waals surface area contributed by atoms with E-state index in [-0.39, 0.29) is 23.9 Å². The maximum absolute atomic E-state index is 12.4. The minimum Gasteiger partial charge on any atom is -0.353 e. The third kappa shape index (κ3) is 5.04. The molecule has 0 unspecified atom stereocenters. The molecule has 5 nitrogen and oxygen atoms in total. The maximum Gasteiger partial charge on any atom is 0.317 e. The highest BCUT2D eigenvalue weighted by Crippen LogP contribution is 2.18. The lowest BCUT2D eigenvalue weighted by atomic mass is 9.95. The molecule has 0 aromatic carbocycles. The van der Waals surface area contributed by atoms with Crippen LogP contribution in [-0.2, 0) is 4.79 Å². The molecule has 1 aliphatic heterocycles. The van der Waals surface area contributed by atoms with Gasteiger partial charge in [-0.25, -0.2) is 4.79 Å². The zero-order valence-electron chi connectivity index (χ0n) is 13.8. The van der Waals surface area contributed by atoms with Gasteiger partial charge >= 0.3 is 6.03 Å². The fraction of sp³-hybridized carbons (Fsp3) is 0.765. The van der Waals surface area contributed by atoms with Gasteiger partial charge in [0.2, 0.25) is 5.91 Å². The Balaban J connectivity index is 1.80. The first-order valence-electron chi connectivity index (χ1n) is 8.54. The van der Waals surface area contributed by atoms with Crippen LogP contribution in [0.4, 0.5) is 4.79 Å². The lowest BCUT2D eigenvalue weighted by molar-refractivity contribution is -0.127. The second-order valence-electron chi connectivity index (χ2n) is 6.86. The first kappa shape index (κ1) is 16.8. The zero-order chi connectivity index (χ0) is 15.9. The van der Waals surface area contributed by atoms with Gasteiger partial charge in [-0.3, -0.25) is 4.79 Å². The summed E-state index contributed by atoms with van der Waals surface area (Å²) in [4.78, 5) is 26.3. The van der Waals surface area contributed by atoms with Gasteiger partial charge in [0.15, 0.2) is 0 Å². The van der Waals surface area contributed by atoms with Gasteiger partial charge in [-0.1, -0.05) is 26.0 Å². The molecular formula is C17H29N3O2. The Labute approximate surface area is 133 Å². The smallest absolute Gasteiger partial charge is 0.317 e. The fourth-order valence-corrected chi connectivity index (χ4v) is 3.02. The van der Waals surface area contributed by atoms with Gasteiger partial charge in [-0.05, 0) is 38.0 Å². The summed E-state index contributed by atoms with van der Waals surface area (Å²) >= 11 is 0. The number of carbonyl (C=O) groups is 2. The van der Waals surface area contributed by atoms with E-state index in [9.17, 15) is 9.59 Å². The number of likely N-dealkylation sites (tertiary alicyclic amines) is 1. The number of amides is 3. The minimum atomic E-state index is -0.0653. The molecule has 1 aliphatic carbocycles. The number of carbonyl (C=O) groups excluding carboxylic acids is 2. The fourth-order valence-electron chi connectivity index (χ4n) is 3.02. The molecule has 2 atom stereocenters. The molecule has 5 heteroatoms. The van der Waals surface area contributed by atoms with E-state index in [0.717, 1.165) is 38.6 Å². The van der Waals surface area contributed by atoms with Gasteiger partial charge in [-0.15, -0.1) is 0 Å². The standard InChI is InChI=1S/C17H29N3O2/c1-13(2)11-18-17(22)20-10-6-7-14(12-20)16(21)19-15-8-4-3-5-9-15/h3-4,13-15H,5-12H2,1-2H3,(H,18,22)(H,19,21)/t14-,15-/m0/s1. The molecular weight excluding hydrogens is 278 g/mol. The van der Waals surface area contributed by atoms with E-state index in [0.29, 0.717) is 19.0 Å². The van der Waals surface area contributed by atoms with Crippen LogP contribution in [0.25, 0.3) is 0 Å². The average molecular weight is 307 g/mol. The van der Waals surface area contributed by atoms with E-state index in [1.807, 2.05) is 0 Å². The lowest BCUT2D eigenvalue weighted by Gasteiger charge is -2.33. The highest BCUT2D eigenvalue weighted by molar-refractivity contribution is 5.81. The van der Waals surface area contributed by atoms with Crippen molar-refractivity contribution in [2.45, 2.75) is 52.0 Å². The summed E-state index contributed by atoms with van der Waals surface area (Å²) in [6.45, 7) is 6.12. The minimum absolute atomic E-state index is 0.0354. The molecule has 2 rings (SSSR count). The van der Waals surface area contributed by atoms with Crippen LogP contribution in [0, 0.1) is 11.8 Å². The predicted octanol–water partition coefficient (Wildman–Crippen LogP) is 2.29. The van der Waals surface area contributed by atoms with Crippen molar-refractivity contribution in [3.63, 3.8) is 0 Å². The number of nitrogens with one attached hydrogen (secondary N) is 2. The summed E-state index contributed by atoms with van der Waals surface area (Å²) < 4.78 is 0. The van der Waals surface area contributed by atoms with E-state index >= 15 is 0 Å². The van der Waals surface area contributed by atoms with Gasteiger partial charge in [0.05, 0.1) is 5.92 Å². The van der Waals surface area contributed by atoms with E-state index in [1.165, 1.54) is 0 Å². The first-order valence-corrected chi connectivity index (χ1v) is 8.54. The Hall–Kier alpha value is -1.52. The van der Waals surface area contributed by atoms with Gasteiger partial charge < -0.3 is 15.5 Å². The van der Waals surface area contributed by atoms with Crippen molar-refractivity contribution in [1.29, 1.82) is 0 Å². The molecule has 3 amide bonds. The summed E-state index contributed by atoms with van der Waals surface area (Å²) in [5.74, 6) is 0.485. The van der Waals surface area contributed by atoms with E-state index in [1.54, 1.807) is 4.90 Å². The quantitative estimate of drug-likeness (QED) is 0.783. The molecule has 2 N–H and O–H groups in total. The van der Waals surface area contributed by atoms with Crippen LogP contribution in [0.2, 0.25) is 0 Å². The monoisotopic (exact) mass is 307 g/mol. The molecule has 1 heterocycles. The second-order valence-corrected chi connectivity index (χ2v) is 6.86. The zero-order valence-corrected chi connectivity index (χ0v) is 13.8. The number of urea groups is 1. The summed E-state index contributed by atoms with van der Waals surface area (Å²) in [5, 5.41) is 6.09. The van der Waals surface area contributed by atoms with Gasteiger partial charge in [0.1, 0.15) is 0 Å².